The monoisotopic (exact) mass is 266 g/mol. The second-order valence-corrected chi connectivity index (χ2v) is 3.94. The van der Waals surface area contributed by atoms with Gasteiger partial charge in [0.2, 0.25) is 0 Å². The van der Waals surface area contributed by atoms with Crippen molar-refractivity contribution in [3.05, 3.63) is 58.9 Å². The van der Waals surface area contributed by atoms with E-state index in [0.717, 1.165) is 6.07 Å². The Morgan fingerprint density at radius 3 is 2.67 bits per heavy atom. The molecule has 2 rings (SSSR count). The molecule has 18 heavy (non-hydrogen) atoms. The van der Waals surface area contributed by atoms with Crippen LogP contribution < -0.4 is 4.74 Å². The van der Waals surface area contributed by atoms with Crippen molar-refractivity contribution in [2.75, 3.05) is 0 Å². The van der Waals surface area contributed by atoms with E-state index in [1.165, 1.54) is 36.4 Å². The second-order valence-electron chi connectivity index (χ2n) is 3.51. The summed E-state index contributed by atoms with van der Waals surface area (Å²) in [6.45, 7) is 0. The summed E-state index contributed by atoms with van der Waals surface area (Å²) in [5.41, 5.74) is -0.0383. The van der Waals surface area contributed by atoms with Gasteiger partial charge in [-0.3, -0.25) is 0 Å². The highest BCUT2D eigenvalue weighted by atomic mass is 35.5. The van der Waals surface area contributed by atoms with E-state index in [4.69, 9.17) is 21.4 Å². The van der Waals surface area contributed by atoms with Crippen LogP contribution in [0.2, 0.25) is 5.02 Å². The van der Waals surface area contributed by atoms with Crippen LogP contribution in [-0.2, 0) is 0 Å². The standard InChI is InChI=1S/C13H8ClFO3/c14-8-4-5-11(13(16)17)12(6-8)18-10-3-1-2-9(15)7-10/h1-7H,(H,16,17). The van der Waals surface area contributed by atoms with Crippen molar-refractivity contribution in [2.45, 2.75) is 0 Å². The van der Waals surface area contributed by atoms with E-state index >= 15 is 0 Å². The maximum atomic E-state index is 13.0. The van der Waals surface area contributed by atoms with Crippen LogP contribution in [0.15, 0.2) is 42.5 Å². The maximum absolute atomic E-state index is 13.0. The number of carbonyl (C=O) groups is 1. The highest BCUT2D eigenvalue weighted by Crippen LogP contribution is 2.28. The van der Waals surface area contributed by atoms with E-state index in [1.807, 2.05) is 0 Å². The molecule has 0 aliphatic carbocycles. The smallest absolute Gasteiger partial charge is 0.339 e. The summed E-state index contributed by atoms with van der Waals surface area (Å²) in [4.78, 5) is 11.0. The summed E-state index contributed by atoms with van der Waals surface area (Å²) in [5.74, 6) is -1.33. The molecule has 92 valence electrons. The molecule has 0 spiro atoms. The van der Waals surface area contributed by atoms with Crippen molar-refractivity contribution >= 4 is 17.6 Å². The lowest BCUT2D eigenvalue weighted by atomic mass is 10.2. The molecule has 2 aromatic carbocycles. The molecule has 0 saturated heterocycles. The minimum absolute atomic E-state index is 0.0383. The first kappa shape index (κ1) is 12.4. The van der Waals surface area contributed by atoms with E-state index in [1.54, 1.807) is 0 Å². The summed E-state index contributed by atoms with van der Waals surface area (Å²) < 4.78 is 18.3. The average Bonchev–Trinajstić information content (AvgIpc) is 2.28. The SMILES string of the molecule is O=C(O)c1ccc(Cl)cc1Oc1cccc(F)c1. The van der Waals surface area contributed by atoms with E-state index in [9.17, 15) is 9.18 Å². The molecule has 2 aromatic rings. The van der Waals surface area contributed by atoms with E-state index < -0.39 is 11.8 Å². The molecule has 0 aliphatic rings. The van der Waals surface area contributed by atoms with Crippen molar-refractivity contribution in [1.29, 1.82) is 0 Å². The minimum Gasteiger partial charge on any atom is -0.478 e. The topological polar surface area (TPSA) is 46.5 Å². The number of carboxylic acid groups (broad SMARTS) is 1. The summed E-state index contributed by atoms with van der Waals surface area (Å²) in [5, 5.41) is 9.33. The van der Waals surface area contributed by atoms with Gasteiger partial charge in [0.05, 0.1) is 0 Å². The Labute approximate surface area is 107 Å². The highest BCUT2D eigenvalue weighted by molar-refractivity contribution is 6.30. The van der Waals surface area contributed by atoms with E-state index in [2.05, 4.69) is 0 Å². The number of carboxylic acids is 1. The zero-order valence-electron chi connectivity index (χ0n) is 9.06. The van der Waals surface area contributed by atoms with Crippen LogP contribution >= 0.6 is 11.6 Å². The van der Waals surface area contributed by atoms with E-state index in [-0.39, 0.29) is 17.1 Å². The number of ether oxygens (including phenoxy) is 1. The Balaban J connectivity index is 2.39. The molecule has 5 heteroatoms. The lowest BCUT2D eigenvalue weighted by Crippen LogP contribution is -1.99. The molecule has 0 amide bonds. The molecule has 0 aliphatic heterocycles. The van der Waals surface area contributed by atoms with Gasteiger partial charge in [-0.25, -0.2) is 9.18 Å². The molecular weight excluding hydrogens is 259 g/mol. The predicted octanol–water partition coefficient (Wildman–Crippen LogP) is 3.97. The Morgan fingerprint density at radius 1 is 1.22 bits per heavy atom. The zero-order valence-corrected chi connectivity index (χ0v) is 9.82. The van der Waals surface area contributed by atoms with Gasteiger partial charge in [0.25, 0.3) is 0 Å². The van der Waals surface area contributed by atoms with Crippen molar-refractivity contribution in [3.63, 3.8) is 0 Å². The van der Waals surface area contributed by atoms with Crippen LogP contribution in [-0.4, -0.2) is 11.1 Å². The highest BCUT2D eigenvalue weighted by Gasteiger charge is 2.12. The Hall–Kier alpha value is -2.07. The lowest BCUT2D eigenvalue weighted by molar-refractivity contribution is 0.0694. The number of rotatable bonds is 3. The molecule has 0 radical (unpaired) electrons. The van der Waals surface area contributed by atoms with Crippen molar-refractivity contribution in [2.24, 2.45) is 0 Å². The third kappa shape index (κ3) is 2.78. The molecule has 0 bridgehead atoms. The first-order valence-electron chi connectivity index (χ1n) is 5.02. The fraction of sp³-hybridized carbons (Fsp3) is 0. The molecular formula is C13H8ClFO3. The maximum Gasteiger partial charge on any atom is 0.339 e. The van der Waals surface area contributed by atoms with Gasteiger partial charge in [-0.1, -0.05) is 17.7 Å². The van der Waals surface area contributed by atoms with Crippen molar-refractivity contribution in [1.82, 2.24) is 0 Å². The molecule has 0 fully saturated rings. The number of aromatic carboxylic acids is 1. The molecule has 0 atom stereocenters. The predicted molar refractivity (Wildman–Crippen MR) is 64.9 cm³/mol. The van der Waals surface area contributed by atoms with Crippen LogP contribution in [0.5, 0.6) is 11.5 Å². The molecule has 0 heterocycles. The Bertz CT molecular complexity index is 599. The molecule has 1 N–H and O–H groups in total. The first-order valence-corrected chi connectivity index (χ1v) is 5.40. The summed E-state index contributed by atoms with van der Waals surface area (Å²) in [6, 6.07) is 9.57. The fourth-order valence-corrected chi connectivity index (χ4v) is 1.58. The van der Waals surface area contributed by atoms with Gasteiger partial charge in [0.1, 0.15) is 22.9 Å². The minimum atomic E-state index is -1.14. The quantitative estimate of drug-likeness (QED) is 0.914. The molecule has 0 unspecified atom stereocenters. The first-order chi connectivity index (χ1) is 8.56. The Kier molecular flexibility index (Phi) is 3.48. The zero-order chi connectivity index (χ0) is 13.1. The van der Waals surface area contributed by atoms with Crippen LogP contribution in [0.3, 0.4) is 0 Å². The van der Waals surface area contributed by atoms with Gasteiger partial charge in [0.15, 0.2) is 0 Å². The second kappa shape index (κ2) is 5.06. The van der Waals surface area contributed by atoms with Gasteiger partial charge in [-0.2, -0.15) is 0 Å². The summed E-state index contributed by atoms with van der Waals surface area (Å²) in [7, 11) is 0. The number of halogens is 2. The lowest BCUT2D eigenvalue weighted by Gasteiger charge is -2.09. The average molecular weight is 267 g/mol. The largest absolute Gasteiger partial charge is 0.478 e. The fourth-order valence-electron chi connectivity index (χ4n) is 1.41. The third-order valence-corrected chi connectivity index (χ3v) is 2.43. The van der Waals surface area contributed by atoms with Gasteiger partial charge in [-0.05, 0) is 24.3 Å². The number of hydrogen-bond acceptors (Lipinski definition) is 2. The number of benzene rings is 2. The Morgan fingerprint density at radius 2 is 2.00 bits per heavy atom. The van der Waals surface area contributed by atoms with Crippen LogP contribution in [0, 0.1) is 5.82 Å². The van der Waals surface area contributed by atoms with Crippen molar-refractivity contribution < 1.29 is 19.0 Å². The third-order valence-electron chi connectivity index (χ3n) is 2.20. The number of hydrogen-bond donors (Lipinski definition) is 1. The normalized spacial score (nSPS) is 10.1. The van der Waals surface area contributed by atoms with Gasteiger partial charge < -0.3 is 9.84 Å². The molecule has 0 aromatic heterocycles. The van der Waals surface area contributed by atoms with Gasteiger partial charge >= 0.3 is 5.97 Å². The van der Waals surface area contributed by atoms with Gasteiger partial charge in [0, 0.05) is 17.2 Å². The van der Waals surface area contributed by atoms with Crippen LogP contribution in [0.4, 0.5) is 4.39 Å². The van der Waals surface area contributed by atoms with Crippen LogP contribution in [0.1, 0.15) is 10.4 Å². The summed E-state index contributed by atoms with van der Waals surface area (Å²) in [6.07, 6.45) is 0. The molecule has 0 saturated carbocycles. The summed E-state index contributed by atoms with van der Waals surface area (Å²) >= 11 is 5.77. The van der Waals surface area contributed by atoms with E-state index in [0.29, 0.717) is 5.02 Å². The van der Waals surface area contributed by atoms with Gasteiger partial charge in [-0.15, -0.1) is 0 Å². The molecule has 3 nitrogen and oxygen atoms in total. The van der Waals surface area contributed by atoms with Crippen molar-refractivity contribution in [3.8, 4) is 11.5 Å². The van der Waals surface area contributed by atoms with Crippen LogP contribution in [0.25, 0.3) is 0 Å².